The standard InChI is InChI=1S/C12H12O2/c1-14-12(13)11-8-4-6-9-5-2-3-7-10(9)11/h2-4,6,8H,5,7H2,1H3. The van der Waals surface area contributed by atoms with Crippen LogP contribution in [0, 0.1) is 0 Å². The van der Waals surface area contributed by atoms with Crippen LogP contribution in [-0.2, 0) is 17.6 Å². The van der Waals surface area contributed by atoms with Gasteiger partial charge >= 0.3 is 5.97 Å². The van der Waals surface area contributed by atoms with E-state index in [-0.39, 0.29) is 5.97 Å². The molecule has 0 aliphatic heterocycles. The number of esters is 1. The van der Waals surface area contributed by atoms with Gasteiger partial charge in [0.1, 0.15) is 0 Å². The van der Waals surface area contributed by atoms with Crippen LogP contribution in [0.4, 0.5) is 0 Å². The van der Waals surface area contributed by atoms with Gasteiger partial charge in [0.25, 0.3) is 0 Å². The Labute approximate surface area is 83.2 Å². The van der Waals surface area contributed by atoms with Gasteiger partial charge in [-0.3, -0.25) is 0 Å². The van der Waals surface area contributed by atoms with Crippen molar-refractivity contribution in [2.24, 2.45) is 0 Å². The van der Waals surface area contributed by atoms with Crippen LogP contribution in [0.3, 0.4) is 0 Å². The third-order valence-electron chi connectivity index (χ3n) is 2.50. The van der Waals surface area contributed by atoms with Gasteiger partial charge in [0, 0.05) is 0 Å². The lowest BCUT2D eigenvalue weighted by molar-refractivity contribution is 0.0599. The Hall–Kier alpha value is -1.57. The highest BCUT2D eigenvalue weighted by Crippen LogP contribution is 2.21. The molecular formula is C12H12O2. The average Bonchev–Trinajstić information content (AvgIpc) is 2.27. The Morgan fingerprint density at radius 3 is 2.86 bits per heavy atom. The van der Waals surface area contributed by atoms with Crippen molar-refractivity contribution >= 4 is 5.97 Å². The fourth-order valence-corrected chi connectivity index (χ4v) is 1.78. The van der Waals surface area contributed by atoms with Gasteiger partial charge in [0.15, 0.2) is 0 Å². The van der Waals surface area contributed by atoms with Crippen LogP contribution in [0.15, 0.2) is 30.4 Å². The molecule has 1 aromatic rings. The van der Waals surface area contributed by atoms with Crippen LogP contribution in [0.5, 0.6) is 0 Å². The second-order valence-electron chi connectivity index (χ2n) is 3.31. The van der Waals surface area contributed by atoms with Crippen LogP contribution < -0.4 is 0 Å². The Morgan fingerprint density at radius 2 is 2.07 bits per heavy atom. The van der Waals surface area contributed by atoms with Crippen LogP contribution in [-0.4, -0.2) is 13.1 Å². The molecule has 0 bridgehead atoms. The fourth-order valence-electron chi connectivity index (χ4n) is 1.78. The largest absolute Gasteiger partial charge is 0.465 e. The molecule has 14 heavy (non-hydrogen) atoms. The molecular weight excluding hydrogens is 176 g/mol. The van der Waals surface area contributed by atoms with E-state index in [0.29, 0.717) is 5.56 Å². The van der Waals surface area contributed by atoms with Crippen LogP contribution in [0.2, 0.25) is 0 Å². The molecule has 0 atom stereocenters. The highest BCUT2D eigenvalue weighted by molar-refractivity contribution is 5.91. The second kappa shape index (κ2) is 3.66. The van der Waals surface area contributed by atoms with E-state index in [9.17, 15) is 4.79 Å². The van der Waals surface area contributed by atoms with Gasteiger partial charge in [-0.05, 0) is 30.0 Å². The molecule has 0 heterocycles. The van der Waals surface area contributed by atoms with E-state index in [2.05, 4.69) is 18.2 Å². The Kier molecular flexibility index (Phi) is 2.35. The Bertz CT molecular complexity index is 391. The first-order valence-electron chi connectivity index (χ1n) is 4.67. The van der Waals surface area contributed by atoms with Crippen LogP contribution >= 0.6 is 0 Å². The number of hydrogen-bond acceptors (Lipinski definition) is 2. The van der Waals surface area contributed by atoms with Gasteiger partial charge in [-0.2, -0.15) is 0 Å². The molecule has 0 spiro atoms. The topological polar surface area (TPSA) is 26.3 Å². The number of allylic oxidation sites excluding steroid dienone is 2. The van der Waals surface area contributed by atoms with E-state index < -0.39 is 0 Å². The van der Waals surface area contributed by atoms with Crippen molar-refractivity contribution in [1.29, 1.82) is 0 Å². The molecule has 0 radical (unpaired) electrons. The lowest BCUT2D eigenvalue weighted by Crippen LogP contribution is -2.09. The number of methoxy groups -OCH3 is 1. The summed E-state index contributed by atoms with van der Waals surface area (Å²) >= 11 is 0. The average molecular weight is 188 g/mol. The van der Waals surface area contributed by atoms with Crippen molar-refractivity contribution in [3.8, 4) is 0 Å². The van der Waals surface area contributed by atoms with Gasteiger partial charge in [-0.25, -0.2) is 4.79 Å². The van der Waals surface area contributed by atoms with E-state index in [4.69, 9.17) is 4.74 Å². The molecule has 72 valence electrons. The first kappa shape index (κ1) is 9.00. The number of benzene rings is 1. The fraction of sp³-hybridized carbons (Fsp3) is 0.250. The summed E-state index contributed by atoms with van der Waals surface area (Å²) in [6.45, 7) is 0. The molecule has 0 amide bonds. The number of fused-ring (bicyclic) bond motifs is 1. The Balaban J connectivity index is 2.48. The summed E-state index contributed by atoms with van der Waals surface area (Å²) < 4.78 is 4.74. The summed E-state index contributed by atoms with van der Waals surface area (Å²) in [6.07, 6.45) is 5.97. The highest BCUT2D eigenvalue weighted by Gasteiger charge is 2.14. The molecule has 0 aromatic heterocycles. The summed E-state index contributed by atoms with van der Waals surface area (Å²) in [5.74, 6) is -0.239. The lowest BCUT2D eigenvalue weighted by atomic mass is 9.92. The number of ether oxygens (including phenoxy) is 1. The SMILES string of the molecule is COC(=O)c1cccc2c1CC=CC2. The summed E-state index contributed by atoms with van der Waals surface area (Å²) in [4.78, 5) is 11.4. The molecule has 0 unspecified atom stereocenters. The molecule has 1 aromatic carbocycles. The van der Waals surface area contributed by atoms with E-state index in [1.54, 1.807) is 0 Å². The van der Waals surface area contributed by atoms with Crippen molar-refractivity contribution in [2.45, 2.75) is 12.8 Å². The zero-order chi connectivity index (χ0) is 9.97. The van der Waals surface area contributed by atoms with Crippen LogP contribution in [0.1, 0.15) is 21.5 Å². The normalized spacial score (nSPS) is 13.5. The minimum absolute atomic E-state index is 0.239. The molecule has 2 rings (SSSR count). The molecule has 2 heteroatoms. The molecule has 0 saturated heterocycles. The predicted molar refractivity (Wildman–Crippen MR) is 54.3 cm³/mol. The number of hydrogen-bond donors (Lipinski definition) is 0. The van der Waals surface area contributed by atoms with Crippen molar-refractivity contribution in [3.63, 3.8) is 0 Å². The zero-order valence-corrected chi connectivity index (χ0v) is 8.12. The highest BCUT2D eigenvalue weighted by atomic mass is 16.5. The summed E-state index contributed by atoms with van der Waals surface area (Å²) in [5.41, 5.74) is 3.05. The number of carbonyl (C=O) groups excluding carboxylic acids is 1. The zero-order valence-electron chi connectivity index (χ0n) is 8.12. The minimum Gasteiger partial charge on any atom is -0.465 e. The van der Waals surface area contributed by atoms with Gasteiger partial charge in [0.05, 0.1) is 12.7 Å². The summed E-state index contributed by atoms with van der Waals surface area (Å²) in [6, 6.07) is 5.79. The molecule has 0 N–H and O–H groups in total. The smallest absolute Gasteiger partial charge is 0.338 e. The summed E-state index contributed by atoms with van der Waals surface area (Å²) in [7, 11) is 1.42. The van der Waals surface area contributed by atoms with Gasteiger partial charge in [-0.15, -0.1) is 0 Å². The minimum atomic E-state index is -0.239. The lowest BCUT2D eigenvalue weighted by Gasteiger charge is -2.13. The Morgan fingerprint density at radius 1 is 1.29 bits per heavy atom. The van der Waals surface area contributed by atoms with E-state index >= 15 is 0 Å². The first-order chi connectivity index (χ1) is 6.83. The van der Waals surface area contributed by atoms with Gasteiger partial charge in [-0.1, -0.05) is 24.3 Å². The maximum Gasteiger partial charge on any atom is 0.338 e. The van der Waals surface area contributed by atoms with Gasteiger partial charge in [0.2, 0.25) is 0 Å². The first-order valence-corrected chi connectivity index (χ1v) is 4.67. The van der Waals surface area contributed by atoms with Crippen molar-refractivity contribution in [3.05, 3.63) is 47.0 Å². The quantitative estimate of drug-likeness (QED) is 0.498. The second-order valence-corrected chi connectivity index (χ2v) is 3.31. The monoisotopic (exact) mass is 188 g/mol. The number of carbonyl (C=O) groups is 1. The van der Waals surface area contributed by atoms with Crippen molar-refractivity contribution in [2.75, 3.05) is 7.11 Å². The van der Waals surface area contributed by atoms with Crippen LogP contribution in [0.25, 0.3) is 0 Å². The van der Waals surface area contributed by atoms with Crippen molar-refractivity contribution in [1.82, 2.24) is 0 Å². The molecule has 1 aliphatic carbocycles. The molecule has 1 aliphatic rings. The summed E-state index contributed by atoms with van der Waals surface area (Å²) in [5, 5.41) is 0. The van der Waals surface area contributed by atoms with Gasteiger partial charge < -0.3 is 4.74 Å². The third kappa shape index (κ3) is 1.43. The van der Waals surface area contributed by atoms with E-state index in [1.165, 1.54) is 12.7 Å². The molecule has 0 saturated carbocycles. The number of rotatable bonds is 1. The van der Waals surface area contributed by atoms with E-state index in [1.807, 2.05) is 12.1 Å². The molecule has 0 fully saturated rings. The maximum atomic E-state index is 11.4. The molecule has 2 nitrogen and oxygen atoms in total. The third-order valence-corrected chi connectivity index (χ3v) is 2.50. The van der Waals surface area contributed by atoms with Crippen molar-refractivity contribution < 1.29 is 9.53 Å². The van der Waals surface area contributed by atoms with E-state index in [0.717, 1.165) is 18.4 Å². The maximum absolute atomic E-state index is 11.4. The predicted octanol–water partition coefficient (Wildman–Crippen LogP) is 2.13.